The third-order valence-corrected chi connectivity index (χ3v) is 4.46. The second kappa shape index (κ2) is 11.7. The molecule has 1 heterocycles. The number of benzene rings is 2. The Morgan fingerprint density at radius 2 is 1.04 bits per heavy atom. The summed E-state index contributed by atoms with van der Waals surface area (Å²) in [6.07, 6.45) is 5.82. The minimum absolute atomic E-state index is 0.245. The van der Waals surface area contributed by atoms with E-state index in [0.29, 0.717) is 0 Å². The molecule has 28 heavy (non-hydrogen) atoms. The summed E-state index contributed by atoms with van der Waals surface area (Å²) in [5, 5.41) is 19.1. The maximum Gasteiger partial charge on any atom is 0.303 e. The van der Waals surface area contributed by atoms with Gasteiger partial charge in [-0.15, -0.1) is 0 Å². The molecule has 0 bridgehead atoms. The van der Waals surface area contributed by atoms with Crippen LogP contribution >= 0.6 is 0 Å². The number of para-hydroxylation sites is 2. The van der Waals surface area contributed by atoms with Crippen LogP contribution in [0.5, 0.6) is 0 Å². The average Bonchev–Trinajstić information content (AvgIpc) is 2.68. The van der Waals surface area contributed by atoms with Crippen molar-refractivity contribution in [1.29, 1.82) is 0 Å². The molecule has 5 heteroatoms. The lowest BCUT2D eigenvalue weighted by molar-refractivity contribution is -0.138. The molecule has 2 aromatic carbocycles. The van der Waals surface area contributed by atoms with Crippen LogP contribution in [0.25, 0.3) is 21.8 Å². The Bertz CT molecular complexity index is 782. The third kappa shape index (κ3) is 7.74. The Hall–Kier alpha value is -2.95. The largest absolute Gasteiger partial charge is 0.481 e. The van der Waals surface area contributed by atoms with Gasteiger partial charge in [0.15, 0.2) is 0 Å². The highest BCUT2D eigenvalue weighted by atomic mass is 16.4. The van der Waals surface area contributed by atoms with Crippen LogP contribution in [0, 0.1) is 0 Å². The van der Waals surface area contributed by atoms with Gasteiger partial charge in [0, 0.05) is 23.6 Å². The number of hydrogen-bond acceptors (Lipinski definition) is 3. The lowest BCUT2D eigenvalue weighted by Gasteiger charge is -1.99. The molecule has 2 N–H and O–H groups in total. The van der Waals surface area contributed by atoms with Crippen molar-refractivity contribution in [2.24, 2.45) is 0 Å². The van der Waals surface area contributed by atoms with Gasteiger partial charge in [0.05, 0.1) is 11.0 Å². The molecule has 0 saturated carbocycles. The van der Waals surface area contributed by atoms with E-state index in [2.05, 4.69) is 23.2 Å². The van der Waals surface area contributed by atoms with E-state index in [-0.39, 0.29) is 12.8 Å². The van der Waals surface area contributed by atoms with Gasteiger partial charge in [0.25, 0.3) is 0 Å². The Balaban J connectivity index is 0.000000200. The highest BCUT2D eigenvalue weighted by Gasteiger charge is 1.98. The van der Waals surface area contributed by atoms with Gasteiger partial charge >= 0.3 is 11.9 Å². The summed E-state index contributed by atoms with van der Waals surface area (Å²) in [5.41, 5.74) is 2.12. The van der Waals surface area contributed by atoms with Crippen LogP contribution in [-0.2, 0) is 9.59 Å². The molecule has 0 aliphatic heterocycles. The fraction of sp³-hybridized carbons (Fsp3) is 0.348. The van der Waals surface area contributed by atoms with Crippen molar-refractivity contribution in [3.05, 3.63) is 54.6 Å². The van der Waals surface area contributed by atoms with E-state index in [9.17, 15) is 9.59 Å². The van der Waals surface area contributed by atoms with Gasteiger partial charge in [-0.2, -0.15) is 0 Å². The van der Waals surface area contributed by atoms with Crippen LogP contribution < -0.4 is 0 Å². The molecular formula is C23H27NO4. The van der Waals surface area contributed by atoms with Gasteiger partial charge in [0.2, 0.25) is 0 Å². The molecule has 0 atom stereocenters. The van der Waals surface area contributed by atoms with Gasteiger partial charge in [-0.05, 0) is 31.0 Å². The quantitative estimate of drug-likeness (QED) is 0.368. The maximum absolute atomic E-state index is 10.1. The van der Waals surface area contributed by atoms with Gasteiger partial charge in [0.1, 0.15) is 0 Å². The number of carbonyl (C=O) groups is 2. The third-order valence-electron chi connectivity index (χ3n) is 4.46. The Morgan fingerprint density at radius 1 is 0.643 bits per heavy atom. The Kier molecular flexibility index (Phi) is 8.92. The molecule has 0 saturated heterocycles. The molecule has 0 radical (unpaired) electrons. The van der Waals surface area contributed by atoms with Gasteiger partial charge in [-0.3, -0.25) is 9.59 Å². The zero-order valence-corrected chi connectivity index (χ0v) is 16.0. The normalized spacial score (nSPS) is 10.4. The first-order valence-electron chi connectivity index (χ1n) is 9.74. The van der Waals surface area contributed by atoms with Crippen molar-refractivity contribution < 1.29 is 19.8 Å². The Morgan fingerprint density at radius 3 is 1.46 bits per heavy atom. The molecule has 0 unspecified atom stereocenters. The summed E-state index contributed by atoms with van der Waals surface area (Å²) < 4.78 is 0. The van der Waals surface area contributed by atoms with Gasteiger partial charge in [-0.1, -0.05) is 62.1 Å². The van der Waals surface area contributed by atoms with E-state index in [1.54, 1.807) is 0 Å². The summed E-state index contributed by atoms with van der Waals surface area (Å²) >= 11 is 0. The van der Waals surface area contributed by atoms with E-state index in [4.69, 9.17) is 10.2 Å². The van der Waals surface area contributed by atoms with Gasteiger partial charge in [-0.25, -0.2) is 4.98 Å². The summed E-state index contributed by atoms with van der Waals surface area (Å²) in [7, 11) is 0. The minimum atomic E-state index is -0.740. The standard InChI is InChI=1S/C13H9N.C10H18O4/c1-3-7-12-10(5-1)9-11-6-2-4-8-13(11)14-12;11-9(12)7-5-3-1-2-4-6-8-10(13)14/h1-9H;1-8H2,(H,11,12)(H,13,14). The van der Waals surface area contributed by atoms with Crippen molar-refractivity contribution in [3.8, 4) is 0 Å². The molecule has 0 aliphatic rings. The topological polar surface area (TPSA) is 87.5 Å². The lowest BCUT2D eigenvalue weighted by atomic mass is 10.1. The zero-order chi connectivity index (χ0) is 20.2. The monoisotopic (exact) mass is 381 g/mol. The average molecular weight is 381 g/mol. The molecule has 5 nitrogen and oxygen atoms in total. The van der Waals surface area contributed by atoms with Crippen LogP contribution in [0.3, 0.4) is 0 Å². The number of carboxylic acids is 2. The smallest absolute Gasteiger partial charge is 0.303 e. The molecule has 148 valence electrons. The number of nitrogens with zero attached hydrogens (tertiary/aromatic N) is 1. The highest BCUT2D eigenvalue weighted by molar-refractivity contribution is 5.92. The molecule has 0 spiro atoms. The SMILES string of the molecule is O=C(O)CCCCCCCCC(=O)O.c1ccc2nc3ccccc3cc2c1. The minimum Gasteiger partial charge on any atom is -0.481 e. The fourth-order valence-corrected chi connectivity index (χ4v) is 2.98. The van der Waals surface area contributed by atoms with Crippen molar-refractivity contribution in [2.45, 2.75) is 51.4 Å². The first kappa shape index (κ1) is 21.4. The van der Waals surface area contributed by atoms with Crippen molar-refractivity contribution in [2.75, 3.05) is 0 Å². The van der Waals surface area contributed by atoms with E-state index in [1.807, 2.05) is 36.4 Å². The molecule has 0 fully saturated rings. The lowest BCUT2D eigenvalue weighted by Crippen LogP contribution is -1.94. The number of aromatic nitrogens is 1. The van der Waals surface area contributed by atoms with Crippen molar-refractivity contribution in [1.82, 2.24) is 4.98 Å². The predicted octanol–water partition coefficient (Wildman–Crippen LogP) is 5.66. The molecule has 1 aromatic heterocycles. The second-order valence-electron chi connectivity index (χ2n) is 6.78. The number of fused-ring (bicyclic) bond motifs is 2. The first-order chi connectivity index (χ1) is 13.6. The fourth-order valence-electron chi connectivity index (χ4n) is 2.98. The summed E-state index contributed by atoms with van der Waals surface area (Å²) in [6.45, 7) is 0. The molecule has 0 aliphatic carbocycles. The number of carboxylic acid groups (broad SMARTS) is 2. The van der Waals surface area contributed by atoms with Crippen LogP contribution in [0.1, 0.15) is 51.4 Å². The number of hydrogen-bond donors (Lipinski definition) is 2. The zero-order valence-electron chi connectivity index (χ0n) is 16.0. The number of pyridine rings is 1. The second-order valence-corrected chi connectivity index (χ2v) is 6.78. The van der Waals surface area contributed by atoms with Gasteiger partial charge < -0.3 is 10.2 Å². The first-order valence-corrected chi connectivity index (χ1v) is 9.74. The Labute approximate surface area is 165 Å². The number of rotatable bonds is 9. The highest BCUT2D eigenvalue weighted by Crippen LogP contribution is 2.18. The van der Waals surface area contributed by atoms with E-state index in [1.165, 1.54) is 10.8 Å². The van der Waals surface area contributed by atoms with Crippen LogP contribution in [0.4, 0.5) is 0 Å². The number of aliphatic carboxylic acids is 2. The molecular weight excluding hydrogens is 354 g/mol. The summed E-state index contributed by atoms with van der Waals surface area (Å²) in [5.74, 6) is -1.48. The maximum atomic E-state index is 10.1. The molecule has 3 aromatic rings. The van der Waals surface area contributed by atoms with Crippen LogP contribution in [0.15, 0.2) is 54.6 Å². The van der Waals surface area contributed by atoms with Crippen LogP contribution in [0.2, 0.25) is 0 Å². The summed E-state index contributed by atoms with van der Waals surface area (Å²) in [4.78, 5) is 24.9. The van der Waals surface area contributed by atoms with E-state index >= 15 is 0 Å². The predicted molar refractivity (Wildman–Crippen MR) is 111 cm³/mol. The van der Waals surface area contributed by atoms with E-state index in [0.717, 1.165) is 49.6 Å². The van der Waals surface area contributed by atoms with E-state index < -0.39 is 11.9 Å². The molecule has 3 rings (SSSR count). The summed E-state index contributed by atoms with van der Waals surface area (Å²) in [6, 6.07) is 18.6. The van der Waals surface area contributed by atoms with Crippen molar-refractivity contribution in [3.63, 3.8) is 0 Å². The van der Waals surface area contributed by atoms with Crippen molar-refractivity contribution >= 4 is 33.7 Å². The number of unbranched alkanes of at least 4 members (excludes halogenated alkanes) is 5. The molecule has 0 amide bonds. The van der Waals surface area contributed by atoms with Crippen LogP contribution in [-0.4, -0.2) is 27.1 Å².